The number of esters is 1. The molecule has 0 radical (unpaired) electrons. The van der Waals surface area contributed by atoms with Crippen LogP contribution >= 0.6 is 15.9 Å². The van der Waals surface area contributed by atoms with Gasteiger partial charge in [-0.1, -0.05) is 15.9 Å². The van der Waals surface area contributed by atoms with E-state index in [0.29, 0.717) is 18.2 Å². The molecule has 4 heteroatoms. The molecule has 1 saturated carbocycles. The minimum absolute atomic E-state index is 0.220. The fourth-order valence-corrected chi connectivity index (χ4v) is 1.72. The monoisotopic (exact) mass is 224 g/mol. The third kappa shape index (κ3) is 1.72. The highest BCUT2D eigenvalue weighted by Crippen LogP contribution is 2.42. The Labute approximate surface area is 73.2 Å². The number of halogens is 2. The van der Waals surface area contributed by atoms with Gasteiger partial charge >= 0.3 is 5.97 Å². The van der Waals surface area contributed by atoms with Crippen molar-refractivity contribution in [3.05, 3.63) is 0 Å². The number of hydrogen-bond acceptors (Lipinski definition) is 2. The van der Waals surface area contributed by atoms with Crippen molar-refractivity contribution in [1.29, 1.82) is 0 Å². The molecule has 0 atom stereocenters. The Hall–Kier alpha value is -0.120. The van der Waals surface area contributed by atoms with Crippen LogP contribution in [0.1, 0.15) is 12.8 Å². The lowest BCUT2D eigenvalue weighted by Crippen LogP contribution is -2.45. The van der Waals surface area contributed by atoms with Crippen LogP contribution in [0.15, 0.2) is 0 Å². The first kappa shape index (κ1) is 8.97. The second-order valence-corrected chi connectivity index (χ2v) is 3.47. The zero-order chi connectivity index (χ0) is 8.48. The van der Waals surface area contributed by atoms with E-state index in [2.05, 4.69) is 20.7 Å². The Morgan fingerprint density at radius 3 is 2.73 bits per heavy atom. The van der Waals surface area contributed by atoms with Gasteiger partial charge in [0.2, 0.25) is 0 Å². The van der Waals surface area contributed by atoms with Crippen molar-refractivity contribution in [3.8, 4) is 0 Å². The Morgan fingerprint density at radius 1 is 1.82 bits per heavy atom. The number of ether oxygens (including phenoxy) is 1. The van der Waals surface area contributed by atoms with E-state index >= 15 is 0 Å². The van der Waals surface area contributed by atoms with Gasteiger partial charge in [-0.25, -0.2) is 4.39 Å². The molecule has 0 unspecified atom stereocenters. The summed E-state index contributed by atoms with van der Waals surface area (Å²) in [7, 11) is 1.33. The van der Waals surface area contributed by atoms with Crippen molar-refractivity contribution in [2.24, 2.45) is 5.92 Å². The number of carbonyl (C=O) groups is 1. The molecule has 1 fully saturated rings. The van der Waals surface area contributed by atoms with Crippen LogP contribution in [0.4, 0.5) is 4.39 Å². The molecule has 0 bridgehead atoms. The molecular weight excluding hydrogens is 215 g/mol. The predicted octanol–water partition coefficient (Wildman–Crippen LogP) is 1.67. The summed E-state index contributed by atoms with van der Waals surface area (Å²) in [6.45, 7) is 0. The smallest absolute Gasteiger partial charge is 0.308 e. The average Bonchev–Trinajstić information content (AvgIpc) is 1.97. The third-order valence-electron chi connectivity index (χ3n) is 2.00. The first-order valence-corrected chi connectivity index (χ1v) is 4.56. The Kier molecular flexibility index (Phi) is 2.52. The molecule has 0 N–H and O–H groups in total. The maximum atomic E-state index is 13.1. The normalized spacial score (nSPS) is 36.1. The van der Waals surface area contributed by atoms with Gasteiger partial charge in [0, 0.05) is 5.33 Å². The molecule has 0 saturated heterocycles. The molecule has 0 aromatic rings. The van der Waals surface area contributed by atoms with E-state index < -0.39 is 5.67 Å². The van der Waals surface area contributed by atoms with Crippen molar-refractivity contribution >= 4 is 21.9 Å². The van der Waals surface area contributed by atoms with Crippen LogP contribution in [0.2, 0.25) is 0 Å². The maximum Gasteiger partial charge on any atom is 0.308 e. The number of rotatable bonds is 2. The van der Waals surface area contributed by atoms with Gasteiger partial charge in [-0.15, -0.1) is 0 Å². The molecular formula is C7H10BrFO2. The fraction of sp³-hybridized carbons (Fsp3) is 0.857. The van der Waals surface area contributed by atoms with E-state index in [1.165, 1.54) is 7.11 Å². The second-order valence-electron chi connectivity index (χ2n) is 2.91. The first-order valence-electron chi connectivity index (χ1n) is 3.44. The van der Waals surface area contributed by atoms with E-state index in [1.54, 1.807) is 0 Å². The zero-order valence-electron chi connectivity index (χ0n) is 6.27. The molecule has 0 spiro atoms. The number of hydrogen-bond donors (Lipinski definition) is 0. The second kappa shape index (κ2) is 3.09. The molecule has 0 aromatic heterocycles. The Morgan fingerprint density at radius 2 is 2.36 bits per heavy atom. The van der Waals surface area contributed by atoms with E-state index in [4.69, 9.17) is 0 Å². The van der Waals surface area contributed by atoms with Gasteiger partial charge in [0.05, 0.1) is 13.0 Å². The topological polar surface area (TPSA) is 26.3 Å². The van der Waals surface area contributed by atoms with Crippen LogP contribution in [0.25, 0.3) is 0 Å². The first-order chi connectivity index (χ1) is 5.11. The lowest BCUT2D eigenvalue weighted by molar-refractivity contribution is -0.154. The molecule has 1 aliphatic carbocycles. The lowest BCUT2D eigenvalue weighted by atomic mass is 9.73. The zero-order valence-corrected chi connectivity index (χ0v) is 7.86. The van der Waals surface area contributed by atoms with Gasteiger partial charge in [0.25, 0.3) is 0 Å². The summed E-state index contributed by atoms with van der Waals surface area (Å²) in [6, 6.07) is 0. The molecule has 64 valence electrons. The van der Waals surface area contributed by atoms with E-state index in [-0.39, 0.29) is 11.9 Å². The SMILES string of the molecule is COC(=O)C1CC(F)(CBr)C1. The van der Waals surface area contributed by atoms with Crippen molar-refractivity contribution < 1.29 is 13.9 Å². The Bertz CT molecular complexity index is 166. The Balaban J connectivity index is 2.34. The fourth-order valence-electron chi connectivity index (χ4n) is 1.27. The van der Waals surface area contributed by atoms with E-state index in [1.807, 2.05) is 0 Å². The molecule has 2 nitrogen and oxygen atoms in total. The van der Waals surface area contributed by atoms with Gasteiger partial charge in [0.1, 0.15) is 5.67 Å². The molecule has 0 aromatic carbocycles. The minimum atomic E-state index is -1.17. The van der Waals surface area contributed by atoms with Crippen molar-refractivity contribution in [2.45, 2.75) is 18.5 Å². The predicted molar refractivity (Wildman–Crippen MR) is 42.4 cm³/mol. The summed E-state index contributed by atoms with van der Waals surface area (Å²) in [6.07, 6.45) is 0.593. The lowest BCUT2D eigenvalue weighted by Gasteiger charge is -2.38. The van der Waals surface area contributed by atoms with Crippen LogP contribution in [-0.4, -0.2) is 24.1 Å². The summed E-state index contributed by atoms with van der Waals surface area (Å²) in [5, 5.41) is 0.313. The van der Waals surface area contributed by atoms with Gasteiger partial charge in [-0.2, -0.15) is 0 Å². The number of carbonyl (C=O) groups excluding carboxylic acids is 1. The number of alkyl halides is 2. The molecule has 0 amide bonds. The highest BCUT2D eigenvalue weighted by Gasteiger charge is 2.47. The summed E-state index contributed by atoms with van der Waals surface area (Å²) in [4.78, 5) is 10.8. The average molecular weight is 225 g/mol. The third-order valence-corrected chi connectivity index (χ3v) is 3.00. The highest BCUT2D eigenvalue weighted by molar-refractivity contribution is 9.09. The van der Waals surface area contributed by atoms with Crippen LogP contribution in [0.5, 0.6) is 0 Å². The summed E-state index contributed by atoms with van der Waals surface area (Å²) < 4.78 is 17.6. The van der Waals surface area contributed by atoms with Crippen molar-refractivity contribution in [3.63, 3.8) is 0 Å². The maximum absolute atomic E-state index is 13.1. The van der Waals surface area contributed by atoms with E-state index in [0.717, 1.165) is 0 Å². The van der Waals surface area contributed by atoms with Gasteiger partial charge < -0.3 is 4.74 Å². The largest absolute Gasteiger partial charge is 0.469 e. The summed E-state index contributed by atoms with van der Waals surface area (Å²) >= 11 is 3.05. The van der Waals surface area contributed by atoms with Crippen LogP contribution in [0, 0.1) is 5.92 Å². The highest BCUT2D eigenvalue weighted by atomic mass is 79.9. The van der Waals surface area contributed by atoms with Crippen LogP contribution in [0.3, 0.4) is 0 Å². The summed E-state index contributed by atoms with van der Waals surface area (Å²) in [5.74, 6) is -0.512. The van der Waals surface area contributed by atoms with Crippen molar-refractivity contribution in [1.82, 2.24) is 0 Å². The van der Waals surface area contributed by atoms with Gasteiger partial charge in [-0.05, 0) is 12.8 Å². The summed E-state index contributed by atoms with van der Waals surface area (Å²) in [5.41, 5.74) is -1.17. The standard InChI is InChI=1S/C7H10BrFO2/c1-11-6(10)5-2-7(9,3-5)4-8/h5H,2-4H2,1H3. The molecule has 11 heavy (non-hydrogen) atoms. The van der Waals surface area contributed by atoms with E-state index in [9.17, 15) is 9.18 Å². The van der Waals surface area contributed by atoms with Crippen LogP contribution in [-0.2, 0) is 9.53 Å². The van der Waals surface area contributed by atoms with Crippen LogP contribution < -0.4 is 0 Å². The molecule has 0 heterocycles. The van der Waals surface area contributed by atoms with Gasteiger partial charge in [0.15, 0.2) is 0 Å². The minimum Gasteiger partial charge on any atom is -0.469 e. The molecule has 0 aliphatic heterocycles. The number of methoxy groups -OCH3 is 1. The van der Waals surface area contributed by atoms with Crippen molar-refractivity contribution in [2.75, 3.05) is 12.4 Å². The molecule has 1 rings (SSSR count). The quantitative estimate of drug-likeness (QED) is 0.527. The molecule has 1 aliphatic rings. The van der Waals surface area contributed by atoms with Gasteiger partial charge in [-0.3, -0.25) is 4.79 Å².